The molecule has 3 heteroatoms. The van der Waals surface area contributed by atoms with Gasteiger partial charge in [-0.3, -0.25) is 0 Å². The molecule has 3 rings (SSSR count). The highest BCUT2D eigenvalue weighted by Gasteiger charge is 2.57. The van der Waals surface area contributed by atoms with Gasteiger partial charge >= 0.3 is 5.97 Å². The third-order valence-electron chi connectivity index (χ3n) is 5.08. The topological polar surface area (TPSA) is 38.7 Å². The van der Waals surface area contributed by atoms with Crippen LogP contribution in [-0.4, -0.2) is 11.7 Å². The predicted molar refractivity (Wildman–Crippen MR) is 65.5 cm³/mol. The van der Waals surface area contributed by atoms with Gasteiger partial charge in [0.2, 0.25) is 0 Å². The summed E-state index contributed by atoms with van der Waals surface area (Å²) in [6.45, 7) is 6.75. The van der Waals surface area contributed by atoms with Crippen LogP contribution in [0.25, 0.3) is 0 Å². The van der Waals surface area contributed by atoms with E-state index < -0.39 is 0 Å². The summed E-state index contributed by atoms with van der Waals surface area (Å²) in [6, 6.07) is 0. The van der Waals surface area contributed by atoms with Gasteiger partial charge in [-0.25, -0.2) is 4.79 Å². The van der Waals surface area contributed by atoms with E-state index in [1.54, 1.807) is 0 Å². The lowest BCUT2D eigenvalue weighted by Gasteiger charge is -2.34. The molecule has 3 saturated carbocycles. The molecular weight excluding hydrogens is 214 g/mol. The Bertz CT molecular complexity index is 388. The Hall–Kier alpha value is -0.860. The summed E-state index contributed by atoms with van der Waals surface area (Å²) < 4.78 is 0. The molecular formula is C14H21NO2. The van der Waals surface area contributed by atoms with Crippen molar-refractivity contribution in [3.63, 3.8) is 0 Å². The summed E-state index contributed by atoms with van der Waals surface area (Å²) in [7, 11) is 0. The third kappa shape index (κ3) is 1.62. The Morgan fingerprint density at radius 1 is 1.29 bits per heavy atom. The smallest absolute Gasteiger partial charge is 0.318 e. The molecule has 3 nitrogen and oxygen atoms in total. The number of hydrogen-bond donors (Lipinski definition) is 0. The van der Waals surface area contributed by atoms with E-state index in [2.05, 4.69) is 25.9 Å². The van der Waals surface area contributed by atoms with Gasteiger partial charge in [-0.2, -0.15) is 0 Å². The number of hydrogen-bond acceptors (Lipinski definition) is 3. The zero-order valence-electron chi connectivity index (χ0n) is 11.0. The Morgan fingerprint density at radius 2 is 2.00 bits per heavy atom. The van der Waals surface area contributed by atoms with Gasteiger partial charge in [-0.15, -0.1) is 0 Å². The van der Waals surface area contributed by atoms with Crippen molar-refractivity contribution in [3.8, 4) is 0 Å². The fraction of sp³-hybridized carbons (Fsp3) is 0.857. The number of rotatable bonds is 2. The quantitative estimate of drug-likeness (QED) is 0.545. The van der Waals surface area contributed by atoms with Gasteiger partial charge in [0, 0.05) is 10.8 Å². The van der Waals surface area contributed by atoms with Crippen molar-refractivity contribution < 1.29 is 9.63 Å². The second kappa shape index (κ2) is 3.33. The molecule has 94 valence electrons. The highest BCUT2D eigenvalue weighted by atomic mass is 16.7. The van der Waals surface area contributed by atoms with Crippen molar-refractivity contribution in [3.05, 3.63) is 0 Å². The molecule has 0 aliphatic heterocycles. The zero-order valence-corrected chi connectivity index (χ0v) is 11.0. The summed E-state index contributed by atoms with van der Waals surface area (Å²) in [4.78, 5) is 16.7. The predicted octanol–water partition coefficient (Wildman–Crippen LogP) is 3.14. The molecule has 0 radical (unpaired) electrons. The summed E-state index contributed by atoms with van der Waals surface area (Å²) >= 11 is 0. The second-order valence-corrected chi connectivity index (χ2v) is 6.85. The first-order valence-corrected chi connectivity index (χ1v) is 6.73. The highest BCUT2D eigenvalue weighted by Crippen LogP contribution is 2.60. The van der Waals surface area contributed by atoms with E-state index in [1.165, 1.54) is 19.3 Å². The first-order valence-electron chi connectivity index (χ1n) is 6.73. The van der Waals surface area contributed by atoms with Gasteiger partial charge in [0.15, 0.2) is 0 Å². The Kier molecular flexibility index (Phi) is 2.20. The minimum atomic E-state index is -0.125. The van der Waals surface area contributed by atoms with E-state index in [-0.39, 0.29) is 22.7 Å². The average molecular weight is 235 g/mol. The van der Waals surface area contributed by atoms with E-state index in [0.717, 1.165) is 18.6 Å². The summed E-state index contributed by atoms with van der Waals surface area (Å²) in [5.41, 5.74) is 1.41. The molecule has 3 fully saturated rings. The number of oxime groups is 1. The molecule has 0 unspecified atom stereocenters. The maximum atomic E-state index is 11.6. The molecule has 0 amide bonds. The number of fused-ring (bicyclic) bond motifs is 2. The fourth-order valence-electron chi connectivity index (χ4n) is 3.75. The molecule has 0 aromatic rings. The van der Waals surface area contributed by atoms with E-state index in [9.17, 15) is 4.79 Å². The lowest BCUT2D eigenvalue weighted by molar-refractivity contribution is -0.145. The van der Waals surface area contributed by atoms with Crippen LogP contribution in [0.4, 0.5) is 0 Å². The first-order chi connectivity index (χ1) is 7.93. The molecule has 0 spiro atoms. The molecule has 0 N–H and O–H groups in total. The van der Waals surface area contributed by atoms with E-state index in [4.69, 9.17) is 4.84 Å². The molecule has 3 aliphatic carbocycles. The van der Waals surface area contributed by atoms with Crippen LogP contribution in [0.2, 0.25) is 0 Å². The SMILES string of the molecule is CC1(C)/C(=N/OC(=O)C2CC2)[C@]2(C)CC[C@H]1C2. The summed E-state index contributed by atoms with van der Waals surface area (Å²) in [5, 5.41) is 4.26. The van der Waals surface area contributed by atoms with Gasteiger partial charge in [0.25, 0.3) is 0 Å². The second-order valence-electron chi connectivity index (χ2n) is 6.85. The van der Waals surface area contributed by atoms with Crippen LogP contribution in [0.1, 0.15) is 52.9 Å². The van der Waals surface area contributed by atoms with Gasteiger partial charge < -0.3 is 4.84 Å². The Labute approximate surface area is 103 Å². The van der Waals surface area contributed by atoms with Gasteiger partial charge in [0.05, 0.1) is 11.6 Å². The van der Waals surface area contributed by atoms with Crippen LogP contribution in [0, 0.1) is 22.7 Å². The third-order valence-corrected chi connectivity index (χ3v) is 5.08. The molecule has 2 atom stereocenters. The summed E-state index contributed by atoms with van der Waals surface area (Å²) in [5.74, 6) is 0.722. The van der Waals surface area contributed by atoms with E-state index in [0.29, 0.717) is 5.92 Å². The fourth-order valence-corrected chi connectivity index (χ4v) is 3.75. The largest absolute Gasteiger partial charge is 0.338 e. The van der Waals surface area contributed by atoms with E-state index in [1.807, 2.05) is 0 Å². The molecule has 0 aromatic carbocycles. The maximum absolute atomic E-state index is 11.6. The van der Waals surface area contributed by atoms with Crippen LogP contribution in [-0.2, 0) is 9.63 Å². The van der Waals surface area contributed by atoms with Crippen molar-refractivity contribution >= 4 is 11.7 Å². The van der Waals surface area contributed by atoms with Gasteiger partial charge in [0.1, 0.15) is 0 Å². The standard InChI is InChI=1S/C14H21NO2/c1-13(2)10-6-7-14(3,8-10)12(13)15-17-11(16)9-4-5-9/h9-10H,4-8H2,1-3H3/b15-12-/t10-,14+/m0/s1. The minimum Gasteiger partial charge on any atom is -0.318 e. The normalized spacial score (nSPS) is 40.9. The minimum absolute atomic E-state index is 0.108. The van der Waals surface area contributed by atoms with Gasteiger partial charge in [-0.05, 0) is 38.0 Å². The van der Waals surface area contributed by atoms with Crippen molar-refractivity contribution in [2.75, 3.05) is 0 Å². The summed E-state index contributed by atoms with van der Waals surface area (Å²) in [6.07, 6.45) is 5.65. The zero-order chi connectivity index (χ0) is 12.3. The van der Waals surface area contributed by atoms with Crippen molar-refractivity contribution in [1.82, 2.24) is 0 Å². The molecule has 17 heavy (non-hydrogen) atoms. The lowest BCUT2D eigenvalue weighted by atomic mass is 9.71. The molecule has 2 bridgehead atoms. The number of nitrogens with zero attached hydrogens (tertiary/aromatic N) is 1. The van der Waals surface area contributed by atoms with Gasteiger partial charge in [-0.1, -0.05) is 25.9 Å². The van der Waals surface area contributed by atoms with Crippen LogP contribution in [0.5, 0.6) is 0 Å². The molecule has 0 heterocycles. The first kappa shape index (κ1) is 11.2. The molecule has 0 aromatic heterocycles. The lowest BCUT2D eigenvalue weighted by Crippen LogP contribution is -2.36. The van der Waals surface area contributed by atoms with Crippen LogP contribution >= 0.6 is 0 Å². The molecule has 0 saturated heterocycles. The van der Waals surface area contributed by atoms with Crippen molar-refractivity contribution in [2.45, 2.75) is 52.9 Å². The Balaban J connectivity index is 1.80. The van der Waals surface area contributed by atoms with E-state index >= 15 is 0 Å². The number of carbonyl (C=O) groups is 1. The average Bonchev–Trinajstić information content (AvgIpc) is 2.98. The van der Waals surface area contributed by atoms with Crippen molar-refractivity contribution in [2.24, 2.45) is 27.8 Å². The van der Waals surface area contributed by atoms with Crippen LogP contribution < -0.4 is 0 Å². The van der Waals surface area contributed by atoms with Crippen molar-refractivity contribution in [1.29, 1.82) is 0 Å². The number of carbonyl (C=O) groups excluding carboxylic acids is 1. The van der Waals surface area contributed by atoms with Crippen LogP contribution in [0.15, 0.2) is 5.16 Å². The Morgan fingerprint density at radius 3 is 2.53 bits per heavy atom. The monoisotopic (exact) mass is 235 g/mol. The molecule has 3 aliphatic rings. The maximum Gasteiger partial charge on any atom is 0.338 e. The highest BCUT2D eigenvalue weighted by molar-refractivity contribution is 5.97. The van der Waals surface area contributed by atoms with Crippen LogP contribution in [0.3, 0.4) is 0 Å².